The number of methoxy groups -OCH3 is 1. The number of phenolic OH excluding ortho intramolecular Hbond substituents is 1. The standard InChI is InChI=1S/C19H29N3O2/c1-3-20-18(22-11-10-19(14-22)8-4-5-9-19)21-13-15-6-7-17(24-2)16(23)12-15/h6-7,12,23H,3-5,8-11,13-14H2,1-2H3,(H,20,21). The number of hydrogen-bond acceptors (Lipinski definition) is 3. The minimum Gasteiger partial charge on any atom is -0.504 e. The third kappa shape index (κ3) is 3.60. The van der Waals surface area contributed by atoms with Crippen LogP contribution in [0.15, 0.2) is 23.2 Å². The maximum absolute atomic E-state index is 9.91. The smallest absolute Gasteiger partial charge is 0.194 e. The Kier molecular flexibility index (Phi) is 5.17. The highest BCUT2D eigenvalue weighted by atomic mass is 16.5. The molecule has 0 radical (unpaired) electrons. The van der Waals surface area contributed by atoms with Gasteiger partial charge in [-0.2, -0.15) is 0 Å². The van der Waals surface area contributed by atoms with Gasteiger partial charge in [0.1, 0.15) is 0 Å². The molecule has 24 heavy (non-hydrogen) atoms. The molecule has 132 valence electrons. The van der Waals surface area contributed by atoms with Crippen molar-refractivity contribution in [3.8, 4) is 11.5 Å². The molecule has 1 saturated heterocycles. The summed E-state index contributed by atoms with van der Waals surface area (Å²) in [6, 6.07) is 5.47. The predicted octanol–water partition coefficient (Wildman–Crippen LogP) is 3.13. The Morgan fingerprint density at radius 3 is 2.79 bits per heavy atom. The van der Waals surface area contributed by atoms with Gasteiger partial charge in [0.2, 0.25) is 0 Å². The van der Waals surface area contributed by atoms with E-state index in [2.05, 4.69) is 17.1 Å². The van der Waals surface area contributed by atoms with Crippen molar-refractivity contribution < 1.29 is 9.84 Å². The van der Waals surface area contributed by atoms with E-state index in [1.165, 1.54) is 32.1 Å². The van der Waals surface area contributed by atoms with Gasteiger partial charge in [0, 0.05) is 19.6 Å². The number of hydrogen-bond donors (Lipinski definition) is 2. The zero-order chi connectivity index (χ0) is 17.0. The molecule has 1 aliphatic carbocycles. The third-order valence-electron chi connectivity index (χ3n) is 5.39. The second kappa shape index (κ2) is 7.32. The molecule has 2 fully saturated rings. The summed E-state index contributed by atoms with van der Waals surface area (Å²) in [5.74, 6) is 1.66. The van der Waals surface area contributed by atoms with Crippen LogP contribution in [0.1, 0.15) is 44.6 Å². The Bertz CT molecular complexity index is 594. The number of nitrogens with zero attached hydrogens (tertiary/aromatic N) is 2. The number of nitrogens with one attached hydrogen (secondary N) is 1. The number of guanidine groups is 1. The largest absolute Gasteiger partial charge is 0.504 e. The first kappa shape index (κ1) is 16.9. The van der Waals surface area contributed by atoms with Gasteiger partial charge in [-0.15, -0.1) is 0 Å². The topological polar surface area (TPSA) is 57.1 Å². The molecule has 2 aliphatic rings. The van der Waals surface area contributed by atoms with Crippen molar-refractivity contribution >= 4 is 5.96 Å². The second-order valence-corrected chi connectivity index (χ2v) is 7.06. The van der Waals surface area contributed by atoms with Crippen LogP contribution in [0.25, 0.3) is 0 Å². The fourth-order valence-electron chi connectivity index (χ4n) is 4.07. The number of phenols is 1. The lowest BCUT2D eigenvalue weighted by Gasteiger charge is -2.26. The molecule has 1 aromatic rings. The van der Waals surface area contributed by atoms with Crippen LogP contribution in [0.3, 0.4) is 0 Å². The first-order chi connectivity index (χ1) is 11.7. The molecule has 2 N–H and O–H groups in total. The van der Waals surface area contributed by atoms with Crippen molar-refractivity contribution in [3.05, 3.63) is 23.8 Å². The predicted molar refractivity (Wildman–Crippen MR) is 96.6 cm³/mol. The van der Waals surface area contributed by atoms with Crippen molar-refractivity contribution in [3.63, 3.8) is 0 Å². The summed E-state index contributed by atoms with van der Waals surface area (Å²) in [5, 5.41) is 13.3. The third-order valence-corrected chi connectivity index (χ3v) is 5.39. The fraction of sp³-hybridized carbons (Fsp3) is 0.632. The van der Waals surface area contributed by atoms with E-state index >= 15 is 0 Å². The number of aromatic hydroxyl groups is 1. The summed E-state index contributed by atoms with van der Waals surface area (Å²) in [7, 11) is 1.56. The maximum atomic E-state index is 9.91. The van der Waals surface area contributed by atoms with Crippen LogP contribution >= 0.6 is 0 Å². The minimum atomic E-state index is 0.168. The Morgan fingerprint density at radius 2 is 2.12 bits per heavy atom. The number of ether oxygens (including phenoxy) is 1. The lowest BCUT2D eigenvalue weighted by molar-refractivity contribution is 0.309. The molecule has 0 bridgehead atoms. The van der Waals surface area contributed by atoms with E-state index in [4.69, 9.17) is 9.73 Å². The monoisotopic (exact) mass is 331 g/mol. The van der Waals surface area contributed by atoms with E-state index in [9.17, 15) is 5.11 Å². The number of benzene rings is 1. The van der Waals surface area contributed by atoms with E-state index in [0.29, 0.717) is 17.7 Å². The molecular formula is C19H29N3O2. The number of aliphatic imine (C=N–C) groups is 1. The Balaban J connectivity index is 1.69. The highest BCUT2D eigenvalue weighted by molar-refractivity contribution is 5.80. The zero-order valence-electron chi connectivity index (χ0n) is 14.8. The van der Waals surface area contributed by atoms with Gasteiger partial charge in [0.15, 0.2) is 17.5 Å². The van der Waals surface area contributed by atoms with Gasteiger partial charge in [-0.05, 0) is 49.3 Å². The quantitative estimate of drug-likeness (QED) is 0.657. The normalized spacial score (nSPS) is 19.9. The van der Waals surface area contributed by atoms with Crippen LogP contribution < -0.4 is 10.1 Å². The Morgan fingerprint density at radius 1 is 1.33 bits per heavy atom. The molecule has 1 aliphatic heterocycles. The molecule has 0 atom stereocenters. The highest BCUT2D eigenvalue weighted by Crippen LogP contribution is 2.45. The van der Waals surface area contributed by atoms with Gasteiger partial charge in [-0.1, -0.05) is 18.9 Å². The van der Waals surface area contributed by atoms with Crippen molar-refractivity contribution in [2.24, 2.45) is 10.4 Å². The molecule has 0 amide bonds. The van der Waals surface area contributed by atoms with Crippen LogP contribution in [-0.4, -0.2) is 42.7 Å². The minimum absolute atomic E-state index is 0.168. The van der Waals surface area contributed by atoms with Gasteiger partial charge < -0.3 is 20.1 Å². The van der Waals surface area contributed by atoms with Crippen LogP contribution in [-0.2, 0) is 6.54 Å². The zero-order valence-corrected chi connectivity index (χ0v) is 14.8. The van der Waals surface area contributed by atoms with Gasteiger partial charge in [-0.3, -0.25) is 0 Å². The SMILES string of the molecule is CCNC(=NCc1ccc(OC)c(O)c1)N1CCC2(CCCC2)C1. The summed E-state index contributed by atoms with van der Waals surface area (Å²) in [6.45, 7) is 5.77. The first-order valence-corrected chi connectivity index (χ1v) is 9.05. The summed E-state index contributed by atoms with van der Waals surface area (Å²) >= 11 is 0. The van der Waals surface area contributed by atoms with Gasteiger partial charge in [-0.25, -0.2) is 4.99 Å². The second-order valence-electron chi connectivity index (χ2n) is 7.06. The number of likely N-dealkylation sites (tertiary alicyclic amines) is 1. The average Bonchev–Trinajstić information content (AvgIpc) is 3.22. The van der Waals surface area contributed by atoms with E-state index in [1.807, 2.05) is 6.07 Å². The van der Waals surface area contributed by atoms with E-state index in [0.717, 1.165) is 31.2 Å². The summed E-state index contributed by atoms with van der Waals surface area (Å²) < 4.78 is 5.09. The van der Waals surface area contributed by atoms with Gasteiger partial charge >= 0.3 is 0 Å². The molecule has 0 aromatic heterocycles. The first-order valence-electron chi connectivity index (χ1n) is 9.05. The van der Waals surface area contributed by atoms with Gasteiger partial charge in [0.05, 0.1) is 13.7 Å². The van der Waals surface area contributed by atoms with Crippen LogP contribution in [0, 0.1) is 5.41 Å². The Hall–Kier alpha value is -1.91. The van der Waals surface area contributed by atoms with Crippen molar-refractivity contribution in [2.45, 2.75) is 45.6 Å². The number of rotatable bonds is 4. The van der Waals surface area contributed by atoms with E-state index < -0.39 is 0 Å². The molecule has 1 aromatic carbocycles. The van der Waals surface area contributed by atoms with Crippen molar-refractivity contribution in [2.75, 3.05) is 26.7 Å². The molecule has 0 unspecified atom stereocenters. The maximum Gasteiger partial charge on any atom is 0.194 e. The molecule has 1 heterocycles. The lowest BCUT2D eigenvalue weighted by atomic mass is 9.86. The lowest BCUT2D eigenvalue weighted by Crippen LogP contribution is -2.41. The van der Waals surface area contributed by atoms with E-state index in [1.54, 1.807) is 19.2 Å². The van der Waals surface area contributed by atoms with E-state index in [-0.39, 0.29) is 5.75 Å². The Labute approximate surface area is 144 Å². The van der Waals surface area contributed by atoms with Crippen LogP contribution in [0.5, 0.6) is 11.5 Å². The average molecular weight is 331 g/mol. The molecule has 3 rings (SSSR count). The molecule has 5 nitrogen and oxygen atoms in total. The summed E-state index contributed by atoms with van der Waals surface area (Å²) in [5.41, 5.74) is 1.52. The summed E-state index contributed by atoms with van der Waals surface area (Å²) in [6.07, 6.45) is 6.80. The highest BCUT2D eigenvalue weighted by Gasteiger charge is 2.41. The molecule has 5 heteroatoms. The molecular weight excluding hydrogens is 302 g/mol. The molecule has 1 saturated carbocycles. The van der Waals surface area contributed by atoms with Crippen molar-refractivity contribution in [1.29, 1.82) is 0 Å². The van der Waals surface area contributed by atoms with Crippen molar-refractivity contribution in [1.82, 2.24) is 10.2 Å². The summed E-state index contributed by atoms with van der Waals surface area (Å²) in [4.78, 5) is 7.21. The van der Waals surface area contributed by atoms with Crippen LogP contribution in [0.2, 0.25) is 0 Å². The van der Waals surface area contributed by atoms with Gasteiger partial charge in [0.25, 0.3) is 0 Å². The fourth-order valence-corrected chi connectivity index (χ4v) is 4.07. The molecule has 1 spiro atoms. The van der Waals surface area contributed by atoms with Crippen LogP contribution in [0.4, 0.5) is 0 Å².